The molecule has 21 heavy (non-hydrogen) atoms. The fourth-order valence-electron chi connectivity index (χ4n) is 2.39. The number of rotatable bonds is 6. The minimum Gasteiger partial charge on any atom is -0.374 e. The predicted octanol–water partition coefficient (Wildman–Crippen LogP) is 2.74. The van der Waals surface area contributed by atoms with Crippen LogP contribution in [0.1, 0.15) is 40.0 Å². The largest absolute Gasteiger partial charge is 0.374 e. The molecule has 7 heteroatoms. The van der Waals surface area contributed by atoms with Gasteiger partial charge in [0.1, 0.15) is 0 Å². The van der Waals surface area contributed by atoms with Crippen molar-refractivity contribution in [3.05, 3.63) is 5.28 Å². The predicted molar refractivity (Wildman–Crippen MR) is 85.1 cm³/mol. The average molecular weight is 314 g/mol. The molecule has 0 atom stereocenters. The summed E-state index contributed by atoms with van der Waals surface area (Å²) in [5.74, 6) is 1.16. The Hall–Kier alpha value is -1.14. The summed E-state index contributed by atoms with van der Waals surface area (Å²) in [6.07, 6.45) is 3.61. The standard InChI is InChI=1S/C14H24ClN5O/c1-4-21-14(2,3)10-16-12-17-11(15)18-13(19-12)20-8-6-5-7-9-20/h4-10H2,1-3H3,(H,16,17,18,19). The molecule has 6 nitrogen and oxygen atoms in total. The molecule has 1 aromatic heterocycles. The van der Waals surface area contributed by atoms with Crippen LogP contribution < -0.4 is 10.2 Å². The summed E-state index contributed by atoms with van der Waals surface area (Å²) in [7, 11) is 0. The summed E-state index contributed by atoms with van der Waals surface area (Å²) in [6.45, 7) is 9.27. The molecule has 0 aliphatic carbocycles. The molecule has 0 saturated carbocycles. The fraction of sp³-hybridized carbons (Fsp3) is 0.786. The highest BCUT2D eigenvalue weighted by molar-refractivity contribution is 6.28. The van der Waals surface area contributed by atoms with Gasteiger partial charge in [-0.25, -0.2) is 0 Å². The number of hydrogen-bond donors (Lipinski definition) is 1. The first-order chi connectivity index (χ1) is 10.00. The molecule has 0 spiro atoms. The van der Waals surface area contributed by atoms with E-state index in [4.69, 9.17) is 16.3 Å². The van der Waals surface area contributed by atoms with Crippen LogP contribution >= 0.6 is 11.6 Å². The molecule has 2 heterocycles. The highest BCUT2D eigenvalue weighted by Gasteiger charge is 2.19. The number of nitrogens with zero attached hydrogens (tertiary/aromatic N) is 4. The second-order valence-electron chi connectivity index (χ2n) is 5.82. The van der Waals surface area contributed by atoms with Gasteiger partial charge in [0.15, 0.2) is 0 Å². The Morgan fingerprint density at radius 1 is 1.19 bits per heavy atom. The van der Waals surface area contributed by atoms with Crippen LogP contribution in [0.4, 0.5) is 11.9 Å². The number of aromatic nitrogens is 3. The van der Waals surface area contributed by atoms with Crippen LogP contribution in [0.25, 0.3) is 0 Å². The van der Waals surface area contributed by atoms with E-state index in [1.54, 1.807) is 0 Å². The number of hydrogen-bond acceptors (Lipinski definition) is 6. The molecule has 1 aliphatic heterocycles. The lowest BCUT2D eigenvalue weighted by Gasteiger charge is -2.27. The number of halogens is 1. The van der Waals surface area contributed by atoms with Crippen LogP contribution in [-0.2, 0) is 4.74 Å². The van der Waals surface area contributed by atoms with Crippen molar-refractivity contribution >= 4 is 23.5 Å². The van der Waals surface area contributed by atoms with E-state index in [1.807, 2.05) is 20.8 Å². The number of piperidine rings is 1. The lowest BCUT2D eigenvalue weighted by molar-refractivity contribution is 0.000579. The van der Waals surface area contributed by atoms with Crippen molar-refractivity contribution in [3.63, 3.8) is 0 Å². The van der Waals surface area contributed by atoms with Crippen LogP contribution in [-0.4, -0.2) is 46.8 Å². The van der Waals surface area contributed by atoms with E-state index in [-0.39, 0.29) is 10.9 Å². The first-order valence-electron chi connectivity index (χ1n) is 7.54. The molecule has 0 radical (unpaired) electrons. The summed E-state index contributed by atoms with van der Waals surface area (Å²) in [5.41, 5.74) is -0.279. The highest BCUT2D eigenvalue weighted by atomic mass is 35.5. The van der Waals surface area contributed by atoms with Crippen molar-refractivity contribution in [1.82, 2.24) is 15.0 Å². The summed E-state index contributed by atoms with van der Waals surface area (Å²) in [6, 6.07) is 0. The van der Waals surface area contributed by atoms with Gasteiger partial charge in [-0.3, -0.25) is 0 Å². The zero-order valence-electron chi connectivity index (χ0n) is 13.0. The van der Waals surface area contributed by atoms with Gasteiger partial charge in [-0.2, -0.15) is 15.0 Å². The van der Waals surface area contributed by atoms with Crippen molar-refractivity contribution in [3.8, 4) is 0 Å². The first kappa shape index (κ1) is 16.2. The van der Waals surface area contributed by atoms with E-state index < -0.39 is 0 Å². The van der Waals surface area contributed by atoms with Gasteiger partial charge in [0, 0.05) is 26.2 Å². The van der Waals surface area contributed by atoms with Crippen molar-refractivity contribution < 1.29 is 4.74 Å². The minimum atomic E-state index is -0.279. The molecule has 1 aromatic rings. The van der Waals surface area contributed by atoms with Crippen LogP contribution in [0.3, 0.4) is 0 Å². The third-order valence-corrected chi connectivity index (χ3v) is 3.61. The van der Waals surface area contributed by atoms with Gasteiger partial charge >= 0.3 is 0 Å². The van der Waals surface area contributed by atoms with E-state index in [9.17, 15) is 0 Å². The molecule has 1 fully saturated rings. The molecular formula is C14H24ClN5O. The van der Waals surface area contributed by atoms with Gasteiger partial charge < -0.3 is 15.0 Å². The first-order valence-corrected chi connectivity index (χ1v) is 7.92. The van der Waals surface area contributed by atoms with E-state index in [0.29, 0.717) is 25.0 Å². The number of anilines is 2. The lowest BCUT2D eigenvalue weighted by atomic mass is 10.1. The SMILES string of the molecule is CCOC(C)(C)CNc1nc(Cl)nc(N2CCCCC2)n1. The van der Waals surface area contributed by atoms with E-state index >= 15 is 0 Å². The van der Waals surface area contributed by atoms with Gasteiger partial charge in [0.05, 0.1) is 5.60 Å². The molecule has 1 aliphatic rings. The van der Waals surface area contributed by atoms with Crippen LogP contribution in [0.2, 0.25) is 5.28 Å². The number of nitrogens with one attached hydrogen (secondary N) is 1. The maximum Gasteiger partial charge on any atom is 0.231 e. The molecule has 0 unspecified atom stereocenters. The smallest absolute Gasteiger partial charge is 0.231 e. The van der Waals surface area contributed by atoms with Crippen molar-refractivity contribution in [2.75, 3.05) is 36.5 Å². The summed E-state index contributed by atoms with van der Waals surface area (Å²) >= 11 is 6.02. The third kappa shape index (κ3) is 4.97. The van der Waals surface area contributed by atoms with E-state index in [0.717, 1.165) is 13.1 Å². The molecule has 0 amide bonds. The Kier molecular flexibility index (Phi) is 5.58. The summed E-state index contributed by atoms with van der Waals surface area (Å²) in [4.78, 5) is 15.0. The van der Waals surface area contributed by atoms with Crippen LogP contribution in [0, 0.1) is 0 Å². The maximum atomic E-state index is 6.02. The summed E-state index contributed by atoms with van der Waals surface area (Å²) < 4.78 is 5.65. The molecule has 1 N–H and O–H groups in total. The Labute approximate surface area is 131 Å². The topological polar surface area (TPSA) is 63.2 Å². The monoisotopic (exact) mass is 313 g/mol. The second kappa shape index (κ2) is 7.22. The normalized spacial score (nSPS) is 16.1. The van der Waals surface area contributed by atoms with Gasteiger partial charge in [-0.05, 0) is 51.6 Å². The Bertz CT molecular complexity index is 463. The van der Waals surface area contributed by atoms with Crippen LogP contribution in [0.15, 0.2) is 0 Å². The third-order valence-electron chi connectivity index (χ3n) is 3.44. The minimum absolute atomic E-state index is 0.224. The van der Waals surface area contributed by atoms with Crippen LogP contribution in [0.5, 0.6) is 0 Å². The summed E-state index contributed by atoms with van der Waals surface area (Å²) in [5, 5.41) is 3.42. The fourth-order valence-corrected chi connectivity index (χ4v) is 2.54. The van der Waals surface area contributed by atoms with Gasteiger partial charge in [-0.15, -0.1) is 0 Å². The Balaban J connectivity index is 2.04. The second-order valence-corrected chi connectivity index (χ2v) is 6.16. The Morgan fingerprint density at radius 3 is 2.57 bits per heavy atom. The molecule has 118 valence electrons. The maximum absolute atomic E-state index is 6.02. The Morgan fingerprint density at radius 2 is 1.90 bits per heavy atom. The van der Waals surface area contributed by atoms with Gasteiger partial charge in [0.2, 0.25) is 17.2 Å². The molecule has 0 aromatic carbocycles. The van der Waals surface area contributed by atoms with Gasteiger partial charge in [0.25, 0.3) is 0 Å². The molecule has 0 bridgehead atoms. The van der Waals surface area contributed by atoms with Gasteiger partial charge in [-0.1, -0.05) is 0 Å². The average Bonchev–Trinajstić information content (AvgIpc) is 2.46. The highest BCUT2D eigenvalue weighted by Crippen LogP contribution is 2.19. The zero-order valence-corrected chi connectivity index (χ0v) is 13.8. The lowest BCUT2D eigenvalue weighted by Crippen LogP contribution is -2.34. The van der Waals surface area contributed by atoms with Crippen molar-refractivity contribution in [2.45, 2.75) is 45.6 Å². The van der Waals surface area contributed by atoms with E-state index in [1.165, 1.54) is 19.3 Å². The molecular weight excluding hydrogens is 290 g/mol. The van der Waals surface area contributed by atoms with E-state index in [2.05, 4.69) is 25.2 Å². The quantitative estimate of drug-likeness (QED) is 0.871. The van der Waals surface area contributed by atoms with Crippen molar-refractivity contribution in [2.24, 2.45) is 0 Å². The van der Waals surface area contributed by atoms with Crippen molar-refractivity contribution in [1.29, 1.82) is 0 Å². The zero-order chi connectivity index (χ0) is 15.3. The molecule has 1 saturated heterocycles. The molecule has 2 rings (SSSR count). The number of ether oxygens (including phenoxy) is 1.